The summed E-state index contributed by atoms with van der Waals surface area (Å²) in [6.45, 7) is 7.14. The monoisotopic (exact) mass is 370 g/mol. The molecule has 2 atom stereocenters. The zero-order chi connectivity index (χ0) is 19.4. The first-order valence-electron chi connectivity index (χ1n) is 9.78. The molecule has 6 nitrogen and oxygen atoms in total. The van der Waals surface area contributed by atoms with E-state index in [2.05, 4.69) is 30.1 Å². The lowest BCUT2D eigenvalue weighted by Gasteiger charge is -2.38. The Morgan fingerprint density at radius 1 is 1.26 bits per heavy atom. The second-order valence-corrected chi connectivity index (χ2v) is 7.92. The van der Waals surface area contributed by atoms with Crippen LogP contribution >= 0.6 is 0 Å². The van der Waals surface area contributed by atoms with Crippen LogP contribution in [-0.4, -0.2) is 67.3 Å². The van der Waals surface area contributed by atoms with Gasteiger partial charge < -0.3 is 15.0 Å². The molecule has 1 N–H and O–H groups in total. The third-order valence-electron chi connectivity index (χ3n) is 6.08. The van der Waals surface area contributed by atoms with Crippen LogP contribution in [0.4, 0.5) is 4.79 Å². The summed E-state index contributed by atoms with van der Waals surface area (Å²) >= 11 is 0. The molecule has 0 unspecified atom stereocenters. The Labute approximate surface area is 162 Å². The molecule has 146 valence electrons. The summed E-state index contributed by atoms with van der Waals surface area (Å²) in [7, 11) is 1.70. The molecule has 0 spiro atoms. The van der Waals surface area contributed by atoms with E-state index in [1.807, 2.05) is 35.2 Å². The van der Waals surface area contributed by atoms with Gasteiger partial charge in [0.15, 0.2) is 0 Å². The quantitative estimate of drug-likeness (QED) is 0.883. The second-order valence-electron chi connectivity index (χ2n) is 7.92. The van der Waals surface area contributed by atoms with E-state index in [-0.39, 0.29) is 18.2 Å². The highest BCUT2D eigenvalue weighted by Gasteiger charge is 2.39. The van der Waals surface area contributed by atoms with E-state index in [9.17, 15) is 10.1 Å². The summed E-state index contributed by atoms with van der Waals surface area (Å²) in [6.07, 6.45) is 1.35. The predicted molar refractivity (Wildman–Crippen MR) is 104 cm³/mol. The fourth-order valence-corrected chi connectivity index (χ4v) is 4.17. The normalized spacial score (nSPS) is 25.4. The van der Waals surface area contributed by atoms with E-state index in [4.69, 9.17) is 4.74 Å². The molecule has 3 rings (SSSR count). The molecule has 6 heteroatoms. The maximum Gasteiger partial charge on any atom is 0.317 e. The highest BCUT2D eigenvalue weighted by Crippen LogP contribution is 2.34. The Kier molecular flexibility index (Phi) is 6.03. The largest absolute Gasteiger partial charge is 0.378 e. The Morgan fingerprint density at radius 3 is 2.48 bits per heavy atom. The van der Waals surface area contributed by atoms with Crippen molar-refractivity contribution in [1.29, 1.82) is 5.26 Å². The Balaban J connectivity index is 1.59. The van der Waals surface area contributed by atoms with Crippen LogP contribution in [0.5, 0.6) is 0 Å². The molecule has 2 aliphatic rings. The first-order valence-corrected chi connectivity index (χ1v) is 9.78. The van der Waals surface area contributed by atoms with Gasteiger partial charge in [0.25, 0.3) is 0 Å². The number of benzene rings is 1. The summed E-state index contributed by atoms with van der Waals surface area (Å²) in [5, 5.41) is 13.0. The van der Waals surface area contributed by atoms with Crippen molar-refractivity contribution in [2.75, 3.05) is 33.3 Å². The number of likely N-dealkylation sites (tertiary alicyclic amines) is 2. The molecule has 2 saturated heterocycles. The van der Waals surface area contributed by atoms with Gasteiger partial charge in [0.05, 0.1) is 23.6 Å². The number of carbonyl (C=O) groups excluding carboxylic acids is 1. The number of rotatable bonds is 4. The number of ether oxygens (including phenoxy) is 1. The first-order chi connectivity index (χ1) is 13.0. The standard InChI is InChI=1S/C21H30N4O2/c1-16(2)25-13-18(19(14-25)27-3)23-20(26)24-11-9-21(15-22,10-12-24)17-7-5-4-6-8-17/h4-8,16,18-19H,9-14H2,1-3H3,(H,23,26)/t18-,19-/m0/s1. The average molecular weight is 370 g/mol. The molecule has 2 aliphatic heterocycles. The number of nitriles is 1. The summed E-state index contributed by atoms with van der Waals surface area (Å²) in [5.74, 6) is 0. The van der Waals surface area contributed by atoms with Crippen LogP contribution in [0.25, 0.3) is 0 Å². The van der Waals surface area contributed by atoms with Gasteiger partial charge in [0.1, 0.15) is 0 Å². The summed E-state index contributed by atoms with van der Waals surface area (Å²) in [4.78, 5) is 16.9. The van der Waals surface area contributed by atoms with Crippen molar-refractivity contribution in [2.45, 2.75) is 50.3 Å². The fourth-order valence-electron chi connectivity index (χ4n) is 4.17. The zero-order valence-corrected chi connectivity index (χ0v) is 16.5. The van der Waals surface area contributed by atoms with Crippen LogP contribution in [0.1, 0.15) is 32.3 Å². The van der Waals surface area contributed by atoms with Crippen LogP contribution in [0, 0.1) is 11.3 Å². The molecule has 2 heterocycles. The number of hydrogen-bond acceptors (Lipinski definition) is 4. The lowest BCUT2D eigenvalue weighted by Crippen LogP contribution is -2.53. The van der Waals surface area contributed by atoms with E-state index in [1.54, 1.807) is 7.11 Å². The number of nitrogens with one attached hydrogen (secondary N) is 1. The molecule has 0 radical (unpaired) electrons. The minimum Gasteiger partial charge on any atom is -0.378 e. The van der Waals surface area contributed by atoms with Gasteiger partial charge in [-0.15, -0.1) is 0 Å². The number of amides is 2. The molecule has 0 saturated carbocycles. The Morgan fingerprint density at radius 2 is 1.93 bits per heavy atom. The number of nitrogens with zero attached hydrogens (tertiary/aromatic N) is 3. The van der Waals surface area contributed by atoms with Crippen molar-refractivity contribution in [2.24, 2.45) is 0 Å². The van der Waals surface area contributed by atoms with E-state index >= 15 is 0 Å². The third-order valence-corrected chi connectivity index (χ3v) is 6.08. The molecule has 0 aliphatic carbocycles. The van der Waals surface area contributed by atoms with Crippen molar-refractivity contribution in [1.82, 2.24) is 15.1 Å². The van der Waals surface area contributed by atoms with E-state index in [1.165, 1.54) is 0 Å². The second kappa shape index (κ2) is 8.28. The Bertz CT molecular complexity index is 677. The van der Waals surface area contributed by atoms with Crippen LogP contribution in [0.15, 0.2) is 30.3 Å². The van der Waals surface area contributed by atoms with Gasteiger partial charge in [0, 0.05) is 39.3 Å². The molecular weight excluding hydrogens is 340 g/mol. The van der Waals surface area contributed by atoms with Crippen LogP contribution in [0.2, 0.25) is 0 Å². The topological polar surface area (TPSA) is 68.6 Å². The zero-order valence-electron chi connectivity index (χ0n) is 16.5. The lowest BCUT2D eigenvalue weighted by molar-refractivity contribution is 0.0859. The molecule has 1 aromatic carbocycles. The maximum atomic E-state index is 12.8. The fraction of sp³-hybridized carbons (Fsp3) is 0.619. The smallest absolute Gasteiger partial charge is 0.317 e. The third kappa shape index (κ3) is 4.10. The van der Waals surface area contributed by atoms with Gasteiger partial charge in [-0.1, -0.05) is 30.3 Å². The lowest BCUT2D eigenvalue weighted by atomic mass is 9.74. The van der Waals surface area contributed by atoms with E-state index < -0.39 is 5.41 Å². The van der Waals surface area contributed by atoms with Crippen molar-refractivity contribution < 1.29 is 9.53 Å². The highest BCUT2D eigenvalue weighted by molar-refractivity contribution is 5.75. The first kappa shape index (κ1) is 19.7. The molecule has 2 fully saturated rings. The van der Waals surface area contributed by atoms with Crippen LogP contribution in [0.3, 0.4) is 0 Å². The molecule has 27 heavy (non-hydrogen) atoms. The summed E-state index contributed by atoms with van der Waals surface area (Å²) in [5.41, 5.74) is 0.560. The number of hydrogen-bond donors (Lipinski definition) is 1. The van der Waals surface area contributed by atoms with Crippen LogP contribution < -0.4 is 5.32 Å². The van der Waals surface area contributed by atoms with Crippen molar-refractivity contribution in [3.05, 3.63) is 35.9 Å². The summed E-state index contributed by atoms with van der Waals surface area (Å²) < 4.78 is 5.58. The predicted octanol–water partition coefficient (Wildman–Crippen LogP) is 2.36. The SMILES string of the molecule is CO[C@H]1CN(C(C)C)C[C@@H]1NC(=O)N1CCC(C#N)(c2ccccc2)CC1. The molecular formula is C21H30N4O2. The van der Waals surface area contributed by atoms with Crippen molar-refractivity contribution in [3.63, 3.8) is 0 Å². The number of methoxy groups -OCH3 is 1. The van der Waals surface area contributed by atoms with E-state index in [0.717, 1.165) is 18.7 Å². The number of piperidine rings is 1. The molecule has 1 aromatic rings. The van der Waals surface area contributed by atoms with Gasteiger partial charge in [-0.2, -0.15) is 5.26 Å². The van der Waals surface area contributed by atoms with Crippen LogP contribution in [-0.2, 0) is 10.2 Å². The van der Waals surface area contributed by atoms with Crippen molar-refractivity contribution in [3.8, 4) is 6.07 Å². The van der Waals surface area contributed by atoms with E-state index in [0.29, 0.717) is 32.0 Å². The minimum absolute atomic E-state index is 0.00155. The van der Waals surface area contributed by atoms with Gasteiger partial charge >= 0.3 is 6.03 Å². The highest BCUT2D eigenvalue weighted by atomic mass is 16.5. The molecule has 2 amide bonds. The Hall–Kier alpha value is -2.10. The number of carbonyl (C=O) groups is 1. The molecule has 0 aromatic heterocycles. The van der Waals surface area contributed by atoms with Gasteiger partial charge in [-0.05, 0) is 32.3 Å². The van der Waals surface area contributed by atoms with Gasteiger partial charge in [0.2, 0.25) is 0 Å². The summed E-state index contributed by atoms with van der Waals surface area (Å²) in [6, 6.07) is 12.8. The van der Waals surface area contributed by atoms with Gasteiger partial charge in [-0.25, -0.2) is 4.79 Å². The maximum absolute atomic E-state index is 12.8. The minimum atomic E-state index is -0.491. The molecule has 0 bridgehead atoms. The van der Waals surface area contributed by atoms with Crippen molar-refractivity contribution >= 4 is 6.03 Å². The van der Waals surface area contributed by atoms with Gasteiger partial charge in [-0.3, -0.25) is 4.90 Å². The number of urea groups is 1. The average Bonchev–Trinajstić information content (AvgIpc) is 3.12.